The SMILES string of the molecule is O=C(COc1ccccc1-c1ccccc1)NNC(=O)c1ccc(OCCc2ccccc2)cc1. The minimum absolute atomic E-state index is 0.238. The molecule has 4 rings (SSSR count). The van der Waals surface area contributed by atoms with Gasteiger partial charge in [-0.2, -0.15) is 0 Å². The van der Waals surface area contributed by atoms with Gasteiger partial charge < -0.3 is 9.47 Å². The Morgan fingerprint density at radius 3 is 2.06 bits per heavy atom. The van der Waals surface area contributed by atoms with Crippen molar-refractivity contribution in [3.63, 3.8) is 0 Å². The summed E-state index contributed by atoms with van der Waals surface area (Å²) in [6.07, 6.45) is 0.799. The van der Waals surface area contributed by atoms with Crippen molar-refractivity contribution in [3.05, 3.63) is 120 Å². The zero-order chi connectivity index (χ0) is 24.3. The number of ether oxygens (including phenoxy) is 2. The minimum Gasteiger partial charge on any atom is -0.493 e. The first-order valence-electron chi connectivity index (χ1n) is 11.3. The summed E-state index contributed by atoms with van der Waals surface area (Å²) in [5, 5.41) is 0. The number of amides is 2. The number of rotatable bonds is 9. The molecule has 0 spiro atoms. The minimum atomic E-state index is -0.470. The number of para-hydroxylation sites is 1. The standard InChI is InChI=1S/C29H26N2O4/c32-28(21-35-27-14-8-7-13-26(27)23-11-5-2-6-12-23)30-31-29(33)24-15-17-25(18-16-24)34-20-19-22-9-3-1-4-10-22/h1-18H,19-21H2,(H,30,32)(H,31,33). The van der Waals surface area contributed by atoms with Crippen molar-refractivity contribution >= 4 is 11.8 Å². The fraction of sp³-hybridized carbons (Fsp3) is 0.103. The topological polar surface area (TPSA) is 76.7 Å². The summed E-state index contributed by atoms with van der Waals surface area (Å²) in [6, 6.07) is 34.1. The van der Waals surface area contributed by atoms with E-state index in [4.69, 9.17) is 9.47 Å². The average Bonchev–Trinajstić information content (AvgIpc) is 2.92. The Labute approximate surface area is 204 Å². The van der Waals surface area contributed by atoms with Crippen LogP contribution in [0.3, 0.4) is 0 Å². The van der Waals surface area contributed by atoms with E-state index in [1.165, 1.54) is 5.56 Å². The van der Waals surface area contributed by atoms with Gasteiger partial charge in [0.1, 0.15) is 11.5 Å². The Bertz CT molecular complexity index is 1240. The largest absolute Gasteiger partial charge is 0.493 e. The third kappa shape index (κ3) is 6.95. The summed E-state index contributed by atoms with van der Waals surface area (Å²) >= 11 is 0. The number of nitrogens with one attached hydrogen (secondary N) is 2. The Morgan fingerprint density at radius 2 is 1.31 bits per heavy atom. The van der Waals surface area contributed by atoms with Gasteiger partial charge in [-0.3, -0.25) is 20.4 Å². The van der Waals surface area contributed by atoms with Crippen LogP contribution < -0.4 is 20.3 Å². The summed E-state index contributed by atoms with van der Waals surface area (Å²) < 4.78 is 11.4. The van der Waals surface area contributed by atoms with Crippen molar-refractivity contribution in [1.29, 1.82) is 0 Å². The van der Waals surface area contributed by atoms with Crippen LogP contribution in [0.25, 0.3) is 11.1 Å². The Kier molecular flexibility index (Phi) is 8.11. The van der Waals surface area contributed by atoms with Crippen LogP contribution in [0, 0.1) is 0 Å². The smallest absolute Gasteiger partial charge is 0.276 e. The predicted octanol–water partition coefficient (Wildman–Crippen LogP) is 4.82. The van der Waals surface area contributed by atoms with Gasteiger partial charge in [0.05, 0.1) is 6.61 Å². The second kappa shape index (κ2) is 12.0. The lowest BCUT2D eigenvalue weighted by Crippen LogP contribution is -2.43. The number of carbonyl (C=O) groups excluding carboxylic acids is 2. The fourth-order valence-corrected chi connectivity index (χ4v) is 3.46. The monoisotopic (exact) mass is 466 g/mol. The van der Waals surface area contributed by atoms with Crippen LogP contribution in [0.15, 0.2) is 109 Å². The molecule has 0 saturated carbocycles. The molecule has 0 fully saturated rings. The maximum absolute atomic E-state index is 12.4. The van der Waals surface area contributed by atoms with Crippen molar-refractivity contribution in [2.45, 2.75) is 6.42 Å². The van der Waals surface area contributed by atoms with Crippen molar-refractivity contribution in [2.24, 2.45) is 0 Å². The maximum atomic E-state index is 12.4. The van der Waals surface area contributed by atoms with E-state index in [9.17, 15) is 9.59 Å². The zero-order valence-electron chi connectivity index (χ0n) is 19.1. The van der Waals surface area contributed by atoms with Gasteiger partial charge in [-0.1, -0.05) is 78.9 Å². The molecule has 176 valence electrons. The molecule has 0 radical (unpaired) electrons. The second-order valence-corrected chi connectivity index (χ2v) is 7.76. The van der Waals surface area contributed by atoms with E-state index in [1.807, 2.05) is 66.7 Å². The highest BCUT2D eigenvalue weighted by Crippen LogP contribution is 2.29. The highest BCUT2D eigenvalue weighted by Gasteiger charge is 2.10. The van der Waals surface area contributed by atoms with E-state index in [1.54, 1.807) is 30.3 Å². The predicted molar refractivity (Wildman–Crippen MR) is 135 cm³/mol. The number of benzene rings is 4. The number of hydrazine groups is 1. The molecule has 0 aromatic heterocycles. The molecule has 0 heterocycles. The van der Waals surface area contributed by atoms with E-state index >= 15 is 0 Å². The molecular weight excluding hydrogens is 440 g/mol. The lowest BCUT2D eigenvalue weighted by Gasteiger charge is -2.12. The van der Waals surface area contributed by atoms with Crippen LogP contribution in [0.2, 0.25) is 0 Å². The second-order valence-electron chi connectivity index (χ2n) is 7.76. The van der Waals surface area contributed by atoms with Crippen molar-refractivity contribution in [3.8, 4) is 22.6 Å². The summed E-state index contributed by atoms with van der Waals surface area (Å²) in [4.78, 5) is 24.6. The normalized spacial score (nSPS) is 10.3. The molecule has 4 aromatic carbocycles. The maximum Gasteiger partial charge on any atom is 0.276 e. The molecule has 0 bridgehead atoms. The Morgan fingerprint density at radius 1 is 0.657 bits per heavy atom. The first kappa shape index (κ1) is 23.6. The summed E-state index contributed by atoms with van der Waals surface area (Å²) in [5.41, 5.74) is 8.26. The highest BCUT2D eigenvalue weighted by atomic mass is 16.5. The lowest BCUT2D eigenvalue weighted by molar-refractivity contribution is -0.123. The fourth-order valence-electron chi connectivity index (χ4n) is 3.46. The summed E-state index contributed by atoms with van der Waals surface area (Å²) in [5.74, 6) is 0.357. The van der Waals surface area contributed by atoms with Gasteiger partial charge in [0.2, 0.25) is 0 Å². The van der Waals surface area contributed by atoms with E-state index in [-0.39, 0.29) is 6.61 Å². The van der Waals surface area contributed by atoms with Crippen LogP contribution >= 0.6 is 0 Å². The van der Waals surface area contributed by atoms with Gasteiger partial charge in [-0.15, -0.1) is 0 Å². The molecule has 0 unspecified atom stereocenters. The first-order chi connectivity index (χ1) is 17.2. The van der Waals surface area contributed by atoms with Crippen LogP contribution in [0.4, 0.5) is 0 Å². The Hall–Kier alpha value is -4.58. The first-order valence-corrected chi connectivity index (χ1v) is 11.3. The summed E-state index contributed by atoms with van der Waals surface area (Å²) in [7, 11) is 0. The molecule has 0 aliphatic carbocycles. The Balaban J connectivity index is 1.22. The van der Waals surface area contributed by atoms with Crippen molar-refractivity contribution in [2.75, 3.05) is 13.2 Å². The molecule has 0 saturated heterocycles. The van der Waals surface area contributed by atoms with Crippen molar-refractivity contribution in [1.82, 2.24) is 10.9 Å². The molecule has 0 aliphatic heterocycles. The zero-order valence-corrected chi connectivity index (χ0v) is 19.1. The molecular formula is C29H26N2O4. The molecule has 2 amide bonds. The van der Waals surface area contributed by atoms with E-state index in [0.717, 1.165) is 17.5 Å². The third-order valence-electron chi connectivity index (χ3n) is 5.26. The van der Waals surface area contributed by atoms with Gasteiger partial charge in [0, 0.05) is 17.5 Å². The van der Waals surface area contributed by atoms with Crippen LogP contribution in [0.1, 0.15) is 15.9 Å². The van der Waals surface area contributed by atoms with Crippen LogP contribution in [0.5, 0.6) is 11.5 Å². The number of hydrogen-bond acceptors (Lipinski definition) is 4. The number of carbonyl (C=O) groups is 2. The van der Waals surface area contributed by atoms with E-state index < -0.39 is 11.8 Å². The lowest BCUT2D eigenvalue weighted by atomic mass is 10.1. The van der Waals surface area contributed by atoms with E-state index in [0.29, 0.717) is 23.7 Å². The summed E-state index contributed by atoms with van der Waals surface area (Å²) in [6.45, 7) is 0.303. The van der Waals surface area contributed by atoms with Crippen molar-refractivity contribution < 1.29 is 19.1 Å². The highest BCUT2D eigenvalue weighted by molar-refractivity contribution is 5.95. The van der Waals surface area contributed by atoms with Crippen LogP contribution in [-0.2, 0) is 11.2 Å². The number of hydrogen-bond donors (Lipinski definition) is 2. The van der Waals surface area contributed by atoms with Crippen LogP contribution in [-0.4, -0.2) is 25.0 Å². The average molecular weight is 467 g/mol. The molecule has 35 heavy (non-hydrogen) atoms. The van der Waals surface area contributed by atoms with E-state index in [2.05, 4.69) is 23.0 Å². The van der Waals surface area contributed by atoms with Gasteiger partial charge in [-0.25, -0.2) is 0 Å². The molecule has 4 aromatic rings. The van der Waals surface area contributed by atoms with Gasteiger partial charge >= 0.3 is 0 Å². The third-order valence-corrected chi connectivity index (χ3v) is 5.26. The molecule has 0 aliphatic rings. The molecule has 0 atom stereocenters. The molecule has 6 nitrogen and oxygen atoms in total. The van der Waals surface area contributed by atoms with Gasteiger partial charge in [0.15, 0.2) is 6.61 Å². The molecule has 6 heteroatoms. The molecule has 2 N–H and O–H groups in total. The van der Waals surface area contributed by atoms with Gasteiger partial charge in [-0.05, 0) is 41.5 Å². The van der Waals surface area contributed by atoms with Gasteiger partial charge in [0.25, 0.3) is 11.8 Å². The quantitative estimate of drug-likeness (QED) is 0.347.